The van der Waals surface area contributed by atoms with Crippen molar-refractivity contribution < 1.29 is 4.79 Å². The second-order valence-corrected chi connectivity index (χ2v) is 6.29. The van der Waals surface area contributed by atoms with Gasteiger partial charge in [-0.05, 0) is 24.1 Å². The Balaban J connectivity index is 2.48. The highest BCUT2D eigenvalue weighted by Gasteiger charge is 2.24. The van der Waals surface area contributed by atoms with Crippen LogP contribution in [0.1, 0.15) is 39.8 Å². The largest absolute Gasteiger partial charge is 0.364 e. The molecule has 1 rings (SSSR count). The number of amides is 1. The summed E-state index contributed by atoms with van der Waals surface area (Å²) in [6.07, 6.45) is 2.36. The van der Waals surface area contributed by atoms with Gasteiger partial charge in [0.2, 0.25) is 5.91 Å². The minimum Gasteiger partial charge on any atom is -0.364 e. The molecule has 18 heavy (non-hydrogen) atoms. The van der Waals surface area contributed by atoms with Crippen molar-refractivity contribution in [3.63, 3.8) is 0 Å². The summed E-state index contributed by atoms with van der Waals surface area (Å²) in [5, 5.41) is 2.99. The first-order valence-corrected chi connectivity index (χ1v) is 6.37. The van der Waals surface area contributed by atoms with Gasteiger partial charge in [0, 0.05) is 30.3 Å². The maximum atomic E-state index is 11.9. The van der Waals surface area contributed by atoms with Gasteiger partial charge in [-0.3, -0.25) is 4.79 Å². The van der Waals surface area contributed by atoms with Gasteiger partial charge in [0.15, 0.2) is 0 Å². The van der Waals surface area contributed by atoms with Crippen LogP contribution < -0.4 is 11.1 Å². The number of carbonyl (C=O) groups excluding carboxylic acids is 1. The molecule has 0 spiro atoms. The highest BCUT2D eigenvalue weighted by atomic mass is 16.1. The fraction of sp³-hybridized carbons (Fsp3) is 0.643. The summed E-state index contributed by atoms with van der Waals surface area (Å²) in [6.45, 7) is 9.35. The van der Waals surface area contributed by atoms with Gasteiger partial charge in [0.1, 0.15) is 0 Å². The molecule has 1 heterocycles. The smallest absolute Gasteiger partial charge is 0.220 e. The molecule has 0 unspecified atom stereocenters. The molecule has 0 aliphatic rings. The topological polar surface area (TPSA) is 70.9 Å². The molecule has 102 valence electrons. The zero-order valence-corrected chi connectivity index (χ0v) is 11.8. The van der Waals surface area contributed by atoms with Crippen molar-refractivity contribution in [1.82, 2.24) is 10.3 Å². The number of aromatic nitrogens is 1. The van der Waals surface area contributed by atoms with Crippen LogP contribution in [0.5, 0.6) is 0 Å². The molecular formula is C14H25N3O. The van der Waals surface area contributed by atoms with Crippen LogP contribution >= 0.6 is 0 Å². The quantitative estimate of drug-likeness (QED) is 0.721. The minimum atomic E-state index is -0.138. The van der Waals surface area contributed by atoms with Gasteiger partial charge in [-0.25, -0.2) is 0 Å². The molecule has 0 aliphatic carbocycles. The first-order chi connectivity index (χ1) is 8.27. The first kappa shape index (κ1) is 14.8. The van der Waals surface area contributed by atoms with Crippen molar-refractivity contribution in [3.05, 3.63) is 24.0 Å². The average molecular weight is 251 g/mol. The predicted octanol–water partition coefficient (Wildman–Crippen LogP) is 1.78. The summed E-state index contributed by atoms with van der Waals surface area (Å²) in [6, 6.07) is 4.01. The average Bonchev–Trinajstić information content (AvgIpc) is 2.80. The lowest BCUT2D eigenvalue weighted by atomic mass is 9.87. The Morgan fingerprint density at radius 2 is 2.06 bits per heavy atom. The van der Waals surface area contributed by atoms with Crippen LogP contribution in [0.2, 0.25) is 0 Å². The molecule has 0 fully saturated rings. The third-order valence-corrected chi connectivity index (χ3v) is 3.25. The van der Waals surface area contributed by atoms with Crippen molar-refractivity contribution in [2.24, 2.45) is 11.1 Å². The van der Waals surface area contributed by atoms with Crippen LogP contribution in [-0.2, 0) is 10.2 Å². The zero-order chi connectivity index (χ0) is 13.8. The number of nitrogens with two attached hydrogens (primary N) is 1. The summed E-state index contributed by atoms with van der Waals surface area (Å²) in [5.74, 6) is 0.0603. The Kier molecular flexibility index (Phi) is 4.57. The van der Waals surface area contributed by atoms with E-state index in [0.717, 1.165) is 5.69 Å². The van der Waals surface area contributed by atoms with E-state index >= 15 is 0 Å². The van der Waals surface area contributed by atoms with Gasteiger partial charge in [-0.1, -0.05) is 27.7 Å². The van der Waals surface area contributed by atoms with E-state index in [-0.39, 0.29) is 16.7 Å². The van der Waals surface area contributed by atoms with Crippen LogP contribution in [-0.4, -0.2) is 24.0 Å². The van der Waals surface area contributed by atoms with Crippen LogP contribution in [0.4, 0.5) is 0 Å². The Morgan fingerprint density at radius 1 is 1.39 bits per heavy atom. The molecule has 4 nitrogen and oxygen atoms in total. The maximum Gasteiger partial charge on any atom is 0.220 e. The summed E-state index contributed by atoms with van der Waals surface area (Å²) in [4.78, 5) is 15.0. The van der Waals surface area contributed by atoms with E-state index in [1.807, 2.05) is 32.2 Å². The van der Waals surface area contributed by atoms with Gasteiger partial charge >= 0.3 is 0 Å². The van der Waals surface area contributed by atoms with E-state index in [9.17, 15) is 4.79 Å². The van der Waals surface area contributed by atoms with Crippen molar-refractivity contribution in [3.8, 4) is 0 Å². The molecule has 0 saturated heterocycles. The predicted molar refractivity (Wildman–Crippen MR) is 74.3 cm³/mol. The normalized spacial score (nSPS) is 12.5. The monoisotopic (exact) mass is 251 g/mol. The van der Waals surface area contributed by atoms with Gasteiger partial charge < -0.3 is 16.0 Å². The number of aromatic amines is 1. The molecule has 1 aromatic heterocycles. The Hall–Kier alpha value is -1.29. The van der Waals surface area contributed by atoms with Gasteiger partial charge in [-0.2, -0.15) is 0 Å². The van der Waals surface area contributed by atoms with Crippen molar-refractivity contribution in [1.29, 1.82) is 0 Å². The fourth-order valence-corrected chi connectivity index (χ4v) is 1.74. The summed E-state index contributed by atoms with van der Waals surface area (Å²) >= 11 is 0. The number of carbonyl (C=O) groups is 1. The summed E-state index contributed by atoms with van der Waals surface area (Å²) in [5.41, 5.74) is 6.53. The lowest BCUT2D eigenvalue weighted by Crippen LogP contribution is -2.39. The third kappa shape index (κ3) is 4.18. The SMILES string of the molecule is CC(C)(CN)CC(=O)NCC(C)(C)c1ccc[nH]1. The van der Waals surface area contributed by atoms with E-state index in [1.54, 1.807) is 0 Å². The molecule has 0 aromatic carbocycles. The highest BCUT2D eigenvalue weighted by Crippen LogP contribution is 2.21. The lowest BCUT2D eigenvalue weighted by Gasteiger charge is -2.26. The molecule has 0 bridgehead atoms. The maximum absolute atomic E-state index is 11.9. The van der Waals surface area contributed by atoms with Gasteiger partial charge in [0.25, 0.3) is 0 Å². The zero-order valence-electron chi connectivity index (χ0n) is 11.8. The Labute approximate surface area is 109 Å². The number of hydrogen-bond acceptors (Lipinski definition) is 2. The van der Waals surface area contributed by atoms with Gasteiger partial charge in [-0.15, -0.1) is 0 Å². The van der Waals surface area contributed by atoms with Crippen LogP contribution in [0.3, 0.4) is 0 Å². The van der Waals surface area contributed by atoms with Crippen molar-refractivity contribution >= 4 is 5.91 Å². The highest BCUT2D eigenvalue weighted by molar-refractivity contribution is 5.76. The van der Waals surface area contributed by atoms with Crippen molar-refractivity contribution in [2.75, 3.05) is 13.1 Å². The number of rotatable bonds is 6. The van der Waals surface area contributed by atoms with E-state index < -0.39 is 0 Å². The minimum absolute atomic E-state index is 0.0603. The molecular weight excluding hydrogens is 226 g/mol. The molecule has 0 saturated carbocycles. The van der Waals surface area contributed by atoms with E-state index in [0.29, 0.717) is 19.5 Å². The summed E-state index contributed by atoms with van der Waals surface area (Å²) in [7, 11) is 0. The number of nitrogens with one attached hydrogen (secondary N) is 2. The fourth-order valence-electron chi connectivity index (χ4n) is 1.74. The number of H-pyrrole nitrogens is 1. The van der Waals surface area contributed by atoms with Crippen LogP contribution in [0.15, 0.2) is 18.3 Å². The standard InChI is InChI=1S/C14H25N3O/c1-13(2,9-15)8-12(18)17-10-14(3,4)11-6-5-7-16-11/h5-7,16H,8-10,15H2,1-4H3,(H,17,18). The van der Waals surface area contributed by atoms with Crippen LogP contribution in [0, 0.1) is 5.41 Å². The van der Waals surface area contributed by atoms with E-state index in [2.05, 4.69) is 24.1 Å². The second kappa shape index (κ2) is 5.57. The van der Waals surface area contributed by atoms with Crippen molar-refractivity contribution in [2.45, 2.75) is 39.5 Å². The van der Waals surface area contributed by atoms with E-state index in [4.69, 9.17) is 5.73 Å². The third-order valence-electron chi connectivity index (χ3n) is 3.25. The molecule has 1 aromatic rings. The molecule has 0 radical (unpaired) electrons. The molecule has 4 N–H and O–H groups in total. The van der Waals surface area contributed by atoms with E-state index in [1.165, 1.54) is 0 Å². The summed E-state index contributed by atoms with van der Waals surface area (Å²) < 4.78 is 0. The number of hydrogen-bond donors (Lipinski definition) is 3. The molecule has 4 heteroatoms. The Bertz CT molecular complexity index is 380. The molecule has 0 aliphatic heterocycles. The molecule has 1 amide bonds. The van der Waals surface area contributed by atoms with Crippen LogP contribution in [0.25, 0.3) is 0 Å². The second-order valence-electron chi connectivity index (χ2n) is 6.29. The van der Waals surface area contributed by atoms with Gasteiger partial charge in [0.05, 0.1) is 0 Å². The first-order valence-electron chi connectivity index (χ1n) is 6.37. The lowest BCUT2D eigenvalue weighted by molar-refractivity contribution is -0.123. The molecule has 0 atom stereocenters. The Morgan fingerprint density at radius 3 is 2.56 bits per heavy atom.